The van der Waals surface area contributed by atoms with Crippen LogP contribution in [0, 0.1) is 11.8 Å². The molecule has 29 heavy (non-hydrogen) atoms. The molecule has 0 aliphatic carbocycles. The summed E-state index contributed by atoms with van der Waals surface area (Å²) in [6, 6.07) is 11.9. The summed E-state index contributed by atoms with van der Waals surface area (Å²) in [6.07, 6.45) is 7.21. The minimum Gasteiger partial charge on any atom is -0.352 e. The molecule has 2 atom stereocenters. The summed E-state index contributed by atoms with van der Waals surface area (Å²) >= 11 is 1.76. The summed E-state index contributed by atoms with van der Waals surface area (Å²) in [5, 5.41) is 3.06. The van der Waals surface area contributed by atoms with Crippen molar-refractivity contribution in [3.05, 3.63) is 59.9 Å². The van der Waals surface area contributed by atoms with Crippen LogP contribution >= 0.6 is 11.8 Å². The maximum absolute atomic E-state index is 12.3. The Morgan fingerprint density at radius 2 is 1.90 bits per heavy atom. The van der Waals surface area contributed by atoms with E-state index in [1.54, 1.807) is 18.0 Å². The Bertz CT molecular complexity index is 740. The Kier molecular flexibility index (Phi) is 8.56. The average Bonchev–Trinajstić information content (AvgIpc) is 2.72. The van der Waals surface area contributed by atoms with Gasteiger partial charge in [0.1, 0.15) is 0 Å². The molecule has 1 amide bonds. The molecule has 1 aromatic carbocycles. The first-order valence-electron chi connectivity index (χ1n) is 10.7. The van der Waals surface area contributed by atoms with Crippen molar-refractivity contribution in [2.24, 2.45) is 11.8 Å². The third kappa shape index (κ3) is 7.48. The van der Waals surface area contributed by atoms with Crippen LogP contribution in [0.15, 0.2) is 53.7 Å². The van der Waals surface area contributed by atoms with Crippen molar-refractivity contribution in [3.8, 4) is 0 Å². The Balaban J connectivity index is 1.33. The number of nitrogens with zero attached hydrogens (tertiary/aromatic N) is 2. The van der Waals surface area contributed by atoms with Gasteiger partial charge in [-0.2, -0.15) is 0 Å². The van der Waals surface area contributed by atoms with Crippen molar-refractivity contribution in [2.45, 2.75) is 43.8 Å². The topological polar surface area (TPSA) is 45.2 Å². The number of aromatic nitrogens is 1. The number of hydrogen-bond donors (Lipinski definition) is 1. The third-order valence-electron chi connectivity index (χ3n) is 5.38. The summed E-state index contributed by atoms with van der Waals surface area (Å²) in [6.45, 7) is 9.05. The molecular weight excluding hydrogens is 378 g/mol. The van der Waals surface area contributed by atoms with Crippen molar-refractivity contribution < 1.29 is 4.79 Å². The van der Waals surface area contributed by atoms with Crippen molar-refractivity contribution in [2.75, 3.05) is 26.2 Å². The molecule has 0 bridgehead atoms. The molecule has 1 aromatic heterocycles. The number of hydrogen-bond acceptors (Lipinski definition) is 4. The lowest BCUT2D eigenvalue weighted by Gasteiger charge is -2.34. The lowest BCUT2D eigenvalue weighted by molar-refractivity contribution is 0.0951. The fraction of sp³-hybridized carbons (Fsp3) is 0.500. The van der Waals surface area contributed by atoms with Crippen LogP contribution in [0.3, 0.4) is 0 Å². The molecule has 1 saturated heterocycles. The van der Waals surface area contributed by atoms with E-state index < -0.39 is 0 Å². The molecule has 0 spiro atoms. The molecule has 0 radical (unpaired) electrons. The number of amides is 1. The number of thioether (sulfide) groups is 1. The normalized spacial score (nSPS) is 19.8. The van der Waals surface area contributed by atoms with Crippen LogP contribution in [0.25, 0.3) is 0 Å². The van der Waals surface area contributed by atoms with Crippen LogP contribution in [0.4, 0.5) is 0 Å². The molecule has 156 valence electrons. The van der Waals surface area contributed by atoms with Crippen LogP contribution in [-0.4, -0.2) is 42.0 Å². The highest BCUT2D eigenvalue weighted by Crippen LogP contribution is 2.23. The maximum Gasteiger partial charge on any atom is 0.251 e. The van der Waals surface area contributed by atoms with Crippen molar-refractivity contribution in [1.82, 2.24) is 15.2 Å². The zero-order chi connectivity index (χ0) is 20.5. The number of unbranched alkanes of at least 4 members (excludes halogenated alkanes) is 1. The van der Waals surface area contributed by atoms with Gasteiger partial charge in [-0.1, -0.05) is 19.9 Å². The molecule has 1 fully saturated rings. The monoisotopic (exact) mass is 411 g/mol. The van der Waals surface area contributed by atoms with Gasteiger partial charge < -0.3 is 10.2 Å². The molecular formula is C24H33N3OS. The van der Waals surface area contributed by atoms with Gasteiger partial charge in [-0.25, -0.2) is 0 Å². The number of benzene rings is 1. The Labute approximate surface area is 179 Å². The van der Waals surface area contributed by atoms with Gasteiger partial charge in [0.25, 0.3) is 5.91 Å². The first kappa shape index (κ1) is 21.8. The second-order valence-corrected chi connectivity index (χ2v) is 9.39. The van der Waals surface area contributed by atoms with Crippen molar-refractivity contribution >= 4 is 17.7 Å². The van der Waals surface area contributed by atoms with Gasteiger partial charge in [-0.3, -0.25) is 9.78 Å². The number of likely N-dealkylation sites (tertiary alicyclic amines) is 1. The molecule has 1 aliphatic heterocycles. The maximum atomic E-state index is 12.3. The van der Waals surface area contributed by atoms with Gasteiger partial charge in [0.15, 0.2) is 0 Å². The SMILES string of the molecule is CC1CC(C)CN(CCCCNC(=O)c2ccc(SCc3cccnc3)cc2)C1. The van der Waals surface area contributed by atoms with Crippen LogP contribution in [0.1, 0.15) is 49.0 Å². The van der Waals surface area contributed by atoms with Crippen LogP contribution in [0.5, 0.6) is 0 Å². The molecule has 2 aromatic rings. The molecule has 2 unspecified atom stereocenters. The van der Waals surface area contributed by atoms with E-state index in [0.717, 1.165) is 54.0 Å². The summed E-state index contributed by atoms with van der Waals surface area (Å²) in [5.74, 6) is 2.52. The third-order valence-corrected chi connectivity index (χ3v) is 6.46. The predicted molar refractivity (Wildman–Crippen MR) is 121 cm³/mol. The van der Waals surface area contributed by atoms with Gasteiger partial charge in [0, 0.05) is 48.2 Å². The minimum absolute atomic E-state index is 0.0222. The fourth-order valence-electron chi connectivity index (χ4n) is 4.09. The lowest BCUT2D eigenvalue weighted by Crippen LogP contribution is -2.39. The van der Waals surface area contributed by atoms with Gasteiger partial charge in [-0.05, 0) is 73.5 Å². The molecule has 3 rings (SSSR count). The zero-order valence-electron chi connectivity index (χ0n) is 17.6. The van der Waals surface area contributed by atoms with Gasteiger partial charge >= 0.3 is 0 Å². The average molecular weight is 412 g/mol. The summed E-state index contributed by atoms with van der Waals surface area (Å²) in [4.78, 5) is 20.2. The van der Waals surface area contributed by atoms with E-state index >= 15 is 0 Å². The number of nitrogens with one attached hydrogen (secondary N) is 1. The quantitative estimate of drug-likeness (QED) is 0.473. The highest BCUT2D eigenvalue weighted by molar-refractivity contribution is 7.98. The van der Waals surface area contributed by atoms with Gasteiger partial charge in [-0.15, -0.1) is 11.8 Å². The van der Waals surface area contributed by atoms with Gasteiger partial charge in [0.2, 0.25) is 0 Å². The summed E-state index contributed by atoms with van der Waals surface area (Å²) in [7, 11) is 0. The van der Waals surface area contributed by atoms with E-state index in [4.69, 9.17) is 0 Å². The summed E-state index contributed by atoms with van der Waals surface area (Å²) in [5.41, 5.74) is 1.93. The molecule has 5 heteroatoms. The van der Waals surface area contributed by atoms with Crippen molar-refractivity contribution in [3.63, 3.8) is 0 Å². The summed E-state index contributed by atoms with van der Waals surface area (Å²) < 4.78 is 0. The first-order valence-corrected chi connectivity index (χ1v) is 11.7. The van der Waals surface area contributed by atoms with E-state index in [2.05, 4.69) is 35.1 Å². The van der Waals surface area contributed by atoms with Gasteiger partial charge in [0.05, 0.1) is 0 Å². The highest BCUT2D eigenvalue weighted by Gasteiger charge is 2.20. The number of carbonyl (C=O) groups is 1. The Hall–Kier alpha value is -1.85. The molecule has 1 aliphatic rings. The van der Waals surface area contributed by atoms with Crippen LogP contribution in [-0.2, 0) is 5.75 Å². The molecule has 0 saturated carbocycles. The molecule has 4 nitrogen and oxygen atoms in total. The van der Waals surface area contributed by atoms with E-state index in [0.29, 0.717) is 0 Å². The van der Waals surface area contributed by atoms with Crippen LogP contribution in [0.2, 0.25) is 0 Å². The number of rotatable bonds is 9. The number of piperidine rings is 1. The first-order chi connectivity index (χ1) is 14.1. The van der Waals surface area contributed by atoms with E-state index in [1.165, 1.54) is 25.1 Å². The van der Waals surface area contributed by atoms with Crippen LogP contribution < -0.4 is 5.32 Å². The number of pyridine rings is 1. The second-order valence-electron chi connectivity index (χ2n) is 8.34. The Morgan fingerprint density at radius 3 is 2.59 bits per heavy atom. The van der Waals surface area contributed by atoms with E-state index in [-0.39, 0.29) is 5.91 Å². The van der Waals surface area contributed by atoms with E-state index in [1.807, 2.05) is 36.5 Å². The lowest BCUT2D eigenvalue weighted by atomic mass is 9.92. The van der Waals surface area contributed by atoms with Crippen molar-refractivity contribution in [1.29, 1.82) is 0 Å². The highest BCUT2D eigenvalue weighted by atomic mass is 32.2. The minimum atomic E-state index is 0.0222. The predicted octanol–water partition coefficient (Wildman–Crippen LogP) is 4.86. The molecule has 1 N–H and O–H groups in total. The fourth-order valence-corrected chi connectivity index (χ4v) is 4.92. The smallest absolute Gasteiger partial charge is 0.251 e. The zero-order valence-corrected chi connectivity index (χ0v) is 18.5. The second kappa shape index (κ2) is 11.4. The molecule has 2 heterocycles. The largest absolute Gasteiger partial charge is 0.352 e. The Morgan fingerprint density at radius 1 is 1.14 bits per heavy atom. The van der Waals surface area contributed by atoms with E-state index in [9.17, 15) is 4.79 Å². The number of carbonyl (C=O) groups excluding carboxylic acids is 1. The standard InChI is InChI=1S/C24H33N3OS/c1-19-14-20(2)17-27(16-19)13-4-3-12-26-24(28)22-7-9-23(10-8-22)29-18-21-6-5-11-25-15-21/h5-11,15,19-20H,3-4,12-14,16-18H2,1-2H3,(H,26,28).